The molecule has 1 heterocycles. The molecule has 0 aliphatic carbocycles. The van der Waals surface area contributed by atoms with Crippen LogP contribution in [0.1, 0.15) is 24.5 Å². The summed E-state index contributed by atoms with van der Waals surface area (Å²) < 4.78 is 0. The first-order valence-corrected chi connectivity index (χ1v) is 7.73. The minimum atomic E-state index is 0.0829. The number of carbonyl (C=O) groups excluding carboxylic acids is 1. The van der Waals surface area contributed by atoms with Crippen LogP contribution in [0.4, 0.5) is 0 Å². The van der Waals surface area contributed by atoms with Crippen LogP contribution in [0.2, 0.25) is 0 Å². The van der Waals surface area contributed by atoms with Gasteiger partial charge in [0.2, 0.25) is 5.91 Å². The predicted octanol–water partition coefficient (Wildman–Crippen LogP) is 1.32. The van der Waals surface area contributed by atoms with Gasteiger partial charge in [-0.05, 0) is 31.5 Å². The Bertz CT molecular complexity index is 515. The molecule has 1 aromatic rings. The highest BCUT2D eigenvalue weighted by atomic mass is 32.1. The number of benzene rings is 1. The molecule has 1 fully saturated rings. The van der Waals surface area contributed by atoms with Crippen molar-refractivity contribution >= 4 is 23.1 Å². The van der Waals surface area contributed by atoms with Gasteiger partial charge in [0.25, 0.3) is 0 Å². The van der Waals surface area contributed by atoms with Gasteiger partial charge >= 0.3 is 0 Å². The van der Waals surface area contributed by atoms with E-state index in [1.165, 1.54) is 0 Å². The lowest BCUT2D eigenvalue weighted by Crippen LogP contribution is -2.49. The van der Waals surface area contributed by atoms with Crippen LogP contribution < -0.4 is 11.1 Å². The van der Waals surface area contributed by atoms with Gasteiger partial charge in [-0.3, -0.25) is 4.79 Å². The Morgan fingerprint density at radius 2 is 2.10 bits per heavy atom. The van der Waals surface area contributed by atoms with Gasteiger partial charge in [-0.15, -0.1) is 0 Å². The first-order valence-electron chi connectivity index (χ1n) is 7.32. The maximum Gasteiger partial charge on any atom is 0.224 e. The van der Waals surface area contributed by atoms with Crippen molar-refractivity contribution in [2.45, 2.75) is 25.8 Å². The summed E-state index contributed by atoms with van der Waals surface area (Å²) in [5.41, 5.74) is 7.37. The molecular formula is C16H23N3OS. The molecule has 0 saturated carbocycles. The third-order valence-corrected chi connectivity index (χ3v) is 4.29. The van der Waals surface area contributed by atoms with E-state index >= 15 is 0 Å². The molecule has 0 aromatic heterocycles. The monoisotopic (exact) mass is 305 g/mol. The van der Waals surface area contributed by atoms with Crippen molar-refractivity contribution in [3.8, 4) is 0 Å². The van der Waals surface area contributed by atoms with E-state index in [-0.39, 0.29) is 11.9 Å². The van der Waals surface area contributed by atoms with Crippen LogP contribution in [0.15, 0.2) is 24.3 Å². The third-order valence-electron chi connectivity index (χ3n) is 4.06. The van der Waals surface area contributed by atoms with E-state index in [0.29, 0.717) is 17.3 Å². The zero-order valence-electron chi connectivity index (χ0n) is 12.6. The van der Waals surface area contributed by atoms with Crippen molar-refractivity contribution in [1.29, 1.82) is 0 Å². The van der Waals surface area contributed by atoms with Crippen molar-refractivity contribution in [2.24, 2.45) is 11.7 Å². The Morgan fingerprint density at radius 1 is 1.43 bits per heavy atom. The van der Waals surface area contributed by atoms with E-state index in [9.17, 15) is 4.79 Å². The largest absolute Gasteiger partial charge is 0.389 e. The Balaban J connectivity index is 1.88. The summed E-state index contributed by atoms with van der Waals surface area (Å²) in [7, 11) is 2.12. The van der Waals surface area contributed by atoms with Crippen molar-refractivity contribution in [3.63, 3.8) is 0 Å². The second kappa shape index (κ2) is 7.00. The quantitative estimate of drug-likeness (QED) is 0.824. The number of carbonyl (C=O) groups is 1. The molecule has 0 radical (unpaired) electrons. The molecule has 1 aliphatic heterocycles. The van der Waals surface area contributed by atoms with E-state index in [0.717, 1.165) is 30.6 Å². The molecule has 3 N–H and O–H groups in total. The lowest BCUT2D eigenvalue weighted by atomic mass is 9.94. The molecule has 2 rings (SSSR count). The molecule has 21 heavy (non-hydrogen) atoms. The normalized spacial score (nSPS) is 22.8. The molecule has 0 spiro atoms. The highest BCUT2D eigenvalue weighted by molar-refractivity contribution is 7.80. The second-order valence-corrected chi connectivity index (χ2v) is 6.38. The van der Waals surface area contributed by atoms with Gasteiger partial charge in [0, 0.05) is 18.2 Å². The molecule has 1 amide bonds. The summed E-state index contributed by atoms with van der Waals surface area (Å²) in [6.45, 7) is 4.27. The maximum absolute atomic E-state index is 12.2. The summed E-state index contributed by atoms with van der Waals surface area (Å²) in [6, 6.07) is 7.83. The Hall–Kier alpha value is -1.46. The van der Waals surface area contributed by atoms with E-state index in [4.69, 9.17) is 18.0 Å². The predicted molar refractivity (Wildman–Crippen MR) is 89.2 cm³/mol. The number of thiocarbonyl (C=S) groups is 1. The Labute approximate surface area is 131 Å². The van der Waals surface area contributed by atoms with Crippen molar-refractivity contribution < 1.29 is 4.79 Å². The topological polar surface area (TPSA) is 58.4 Å². The standard InChI is InChI=1S/C16H23N3OS/c1-11-10-19(2)8-7-14(11)18-15(20)9-12-3-5-13(6-4-12)16(17)21/h3-6,11,14H,7-10H2,1-2H3,(H2,17,21)(H,18,20). The Morgan fingerprint density at radius 3 is 2.67 bits per heavy atom. The number of piperidine rings is 1. The van der Waals surface area contributed by atoms with E-state index in [1.54, 1.807) is 0 Å². The number of nitrogens with zero attached hydrogens (tertiary/aromatic N) is 1. The lowest BCUT2D eigenvalue weighted by Gasteiger charge is -2.35. The van der Waals surface area contributed by atoms with E-state index < -0.39 is 0 Å². The van der Waals surface area contributed by atoms with Crippen LogP contribution >= 0.6 is 12.2 Å². The van der Waals surface area contributed by atoms with Crippen molar-refractivity contribution in [1.82, 2.24) is 10.2 Å². The fourth-order valence-corrected chi connectivity index (χ4v) is 2.93. The van der Waals surface area contributed by atoms with Gasteiger partial charge in [0.1, 0.15) is 4.99 Å². The smallest absolute Gasteiger partial charge is 0.224 e. The molecule has 5 heteroatoms. The number of nitrogens with one attached hydrogen (secondary N) is 1. The maximum atomic E-state index is 12.2. The van der Waals surface area contributed by atoms with Crippen LogP contribution in [0.5, 0.6) is 0 Å². The Kier molecular flexibility index (Phi) is 5.31. The van der Waals surface area contributed by atoms with Crippen LogP contribution in [0.3, 0.4) is 0 Å². The van der Waals surface area contributed by atoms with Gasteiger partial charge < -0.3 is 16.0 Å². The second-order valence-electron chi connectivity index (χ2n) is 5.94. The highest BCUT2D eigenvalue weighted by Gasteiger charge is 2.25. The fourth-order valence-electron chi connectivity index (χ4n) is 2.80. The summed E-state index contributed by atoms with van der Waals surface area (Å²) in [5.74, 6) is 0.573. The van der Waals surface area contributed by atoms with Crippen molar-refractivity contribution in [2.75, 3.05) is 20.1 Å². The number of rotatable bonds is 4. The third kappa shape index (κ3) is 4.51. The number of amides is 1. The van der Waals surface area contributed by atoms with Gasteiger partial charge in [0.05, 0.1) is 6.42 Å². The molecular weight excluding hydrogens is 282 g/mol. The van der Waals surface area contributed by atoms with E-state index in [2.05, 4.69) is 24.2 Å². The van der Waals surface area contributed by atoms with E-state index in [1.807, 2.05) is 24.3 Å². The molecule has 2 atom stereocenters. The van der Waals surface area contributed by atoms with Crippen LogP contribution in [0, 0.1) is 5.92 Å². The fraction of sp³-hybridized carbons (Fsp3) is 0.500. The molecule has 4 nitrogen and oxygen atoms in total. The number of nitrogens with two attached hydrogens (primary N) is 1. The average Bonchev–Trinajstić information content (AvgIpc) is 2.42. The highest BCUT2D eigenvalue weighted by Crippen LogP contribution is 2.15. The van der Waals surface area contributed by atoms with Gasteiger partial charge in [0.15, 0.2) is 0 Å². The molecule has 114 valence electrons. The van der Waals surface area contributed by atoms with Crippen LogP contribution in [-0.4, -0.2) is 42.0 Å². The van der Waals surface area contributed by atoms with Crippen LogP contribution in [-0.2, 0) is 11.2 Å². The minimum Gasteiger partial charge on any atom is -0.389 e. The van der Waals surface area contributed by atoms with Crippen LogP contribution in [0.25, 0.3) is 0 Å². The minimum absolute atomic E-state index is 0.0829. The molecule has 1 aliphatic rings. The number of hydrogen-bond donors (Lipinski definition) is 2. The summed E-state index contributed by atoms with van der Waals surface area (Å²) in [4.78, 5) is 14.8. The molecule has 2 unspecified atom stereocenters. The lowest BCUT2D eigenvalue weighted by molar-refractivity contribution is -0.121. The zero-order chi connectivity index (χ0) is 15.4. The van der Waals surface area contributed by atoms with Gasteiger partial charge in [-0.1, -0.05) is 43.4 Å². The molecule has 0 bridgehead atoms. The number of likely N-dealkylation sites (tertiary alicyclic amines) is 1. The SMILES string of the molecule is CC1CN(C)CCC1NC(=O)Cc1ccc(C(N)=S)cc1. The summed E-state index contributed by atoms with van der Waals surface area (Å²) >= 11 is 4.92. The number of hydrogen-bond acceptors (Lipinski definition) is 3. The first-order chi connectivity index (χ1) is 9.95. The van der Waals surface area contributed by atoms with Crippen molar-refractivity contribution in [3.05, 3.63) is 35.4 Å². The average molecular weight is 305 g/mol. The van der Waals surface area contributed by atoms with Gasteiger partial charge in [-0.2, -0.15) is 0 Å². The first kappa shape index (κ1) is 15.9. The summed E-state index contributed by atoms with van der Waals surface area (Å²) in [6.07, 6.45) is 1.42. The zero-order valence-corrected chi connectivity index (χ0v) is 13.5. The summed E-state index contributed by atoms with van der Waals surface area (Å²) in [5, 5.41) is 3.16. The van der Waals surface area contributed by atoms with Gasteiger partial charge in [-0.25, -0.2) is 0 Å². The molecule has 1 saturated heterocycles. The molecule has 1 aromatic carbocycles.